The molecule has 1 aromatic heterocycles. The van der Waals surface area contributed by atoms with E-state index in [1.807, 2.05) is 0 Å². The molecule has 0 bridgehead atoms. The van der Waals surface area contributed by atoms with E-state index < -0.39 is 47.4 Å². The summed E-state index contributed by atoms with van der Waals surface area (Å²) in [6.45, 7) is 2.06. The summed E-state index contributed by atoms with van der Waals surface area (Å²) in [4.78, 5) is 37.8. The maximum Gasteiger partial charge on any atom is 0.338 e. The molecule has 0 spiro atoms. The van der Waals surface area contributed by atoms with Crippen LogP contribution < -0.4 is 11.2 Å². The predicted octanol–water partition coefficient (Wildman–Crippen LogP) is 2.20. The molecule has 0 amide bonds. The van der Waals surface area contributed by atoms with E-state index in [2.05, 4.69) is 4.98 Å². The van der Waals surface area contributed by atoms with Gasteiger partial charge in [0.1, 0.15) is 12.7 Å². The Kier molecular flexibility index (Phi) is 6.16. The Hall–Kier alpha value is -2.49. The van der Waals surface area contributed by atoms with E-state index in [1.165, 1.54) is 36.7 Å². The van der Waals surface area contributed by atoms with Crippen molar-refractivity contribution in [3.05, 3.63) is 68.0 Å². The number of hydrogen-bond donors (Lipinski definition) is 2. The van der Waals surface area contributed by atoms with E-state index in [0.717, 1.165) is 6.07 Å². The van der Waals surface area contributed by atoms with Crippen molar-refractivity contribution < 1.29 is 23.8 Å². The van der Waals surface area contributed by atoms with Crippen LogP contribution in [0.25, 0.3) is 0 Å². The summed E-state index contributed by atoms with van der Waals surface area (Å²) in [7, 11) is 0. The summed E-state index contributed by atoms with van der Waals surface area (Å²) in [5, 5.41) is 10.4. The van der Waals surface area contributed by atoms with Gasteiger partial charge in [-0.1, -0.05) is 17.7 Å². The minimum Gasteiger partial charge on any atom is -0.459 e. The largest absolute Gasteiger partial charge is 0.459 e. The minimum atomic E-state index is -2.17. The molecule has 0 unspecified atom stereocenters. The molecule has 1 aromatic carbocycles. The second kappa shape index (κ2) is 8.33. The third kappa shape index (κ3) is 5.16. The Bertz CT molecular complexity index is 1050. The van der Waals surface area contributed by atoms with Crippen LogP contribution in [0.4, 0.5) is 4.39 Å². The molecule has 1 saturated carbocycles. The van der Waals surface area contributed by atoms with E-state index in [-0.39, 0.29) is 18.4 Å². The summed E-state index contributed by atoms with van der Waals surface area (Å²) in [5.41, 5.74) is -3.26. The molecule has 30 heavy (non-hydrogen) atoms. The molecule has 3 atom stereocenters. The van der Waals surface area contributed by atoms with Gasteiger partial charge in [-0.3, -0.25) is 14.3 Å². The lowest BCUT2D eigenvalue weighted by Gasteiger charge is -2.31. The fourth-order valence-electron chi connectivity index (χ4n) is 3.53. The highest BCUT2D eigenvalue weighted by atomic mass is 35.5. The molecule has 1 aliphatic carbocycles. The van der Waals surface area contributed by atoms with Gasteiger partial charge in [0.2, 0.25) is 0 Å². The van der Waals surface area contributed by atoms with Crippen molar-refractivity contribution in [3.63, 3.8) is 0 Å². The van der Waals surface area contributed by atoms with Gasteiger partial charge in [-0.15, -0.1) is 0 Å². The third-order valence-corrected chi connectivity index (χ3v) is 5.05. The smallest absolute Gasteiger partial charge is 0.338 e. The summed E-state index contributed by atoms with van der Waals surface area (Å²) in [6, 6.07) is 6.53. The number of carbonyl (C=O) groups excluding carboxylic acids is 1. The number of H-pyrrole nitrogens is 1. The number of rotatable bonds is 6. The third-order valence-electron chi connectivity index (χ3n) is 4.82. The van der Waals surface area contributed by atoms with Gasteiger partial charge >= 0.3 is 11.7 Å². The Morgan fingerprint density at radius 3 is 2.77 bits per heavy atom. The highest BCUT2D eigenvalue weighted by Gasteiger charge is 2.52. The molecule has 0 saturated heterocycles. The molecule has 1 fully saturated rings. The number of benzene rings is 1. The number of aromatic amines is 1. The number of aliphatic hydroxyl groups is 1. The van der Waals surface area contributed by atoms with E-state index >= 15 is 4.39 Å². The average Bonchev–Trinajstić information content (AvgIpc) is 2.94. The van der Waals surface area contributed by atoms with Crippen LogP contribution in [0.2, 0.25) is 5.02 Å². The zero-order valence-corrected chi connectivity index (χ0v) is 17.2. The number of ether oxygens (including phenoxy) is 2. The second-order valence-electron chi connectivity index (χ2n) is 7.79. The van der Waals surface area contributed by atoms with Crippen LogP contribution in [-0.4, -0.2) is 44.8 Å². The number of hydrogen-bond acceptors (Lipinski definition) is 6. The fraction of sp³-hybridized carbons (Fsp3) is 0.450. The van der Waals surface area contributed by atoms with Crippen molar-refractivity contribution in [3.8, 4) is 0 Å². The number of alkyl halides is 1. The summed E-state index contributed by atoms with van der Waals surface area (Å²) in [5.74, 6) is -2.41. The Balaban J connectivity index is 1.82. The topological polar surface area (TPSA) is 111 Å². The monoisotopic (exact) mass is 440 g/mol. The molecule has 2 N–H and O–H groups in total. The van der Waals surface area contributed by atoms with Gasteiger partial charge in [-0.2, -0.15) is 0 Å². The lowest BCUT2D eigenvalue weighted by molar-refractivity contribution is -0.231. The lowest BCUT2D eigenvalue weighted by atomic mass is 10.0. The number of nitrogens with one attached hydrogen (secondary N) is 1. The summed E-state index contributed by atoms with van der Waals surface area (Å²) < 4.78 is 27.7. The predicted molar refractivity (Wildman–Crippen MR) is 106 cm³/mol. The Labute approximate surface area is 176 Å². The van der Waals surface area contributed by atoms with Crippen molar-refractivity contribution >= 4 is 17.6 Å². The summed E-state index contributed by atoms with van der Waals surface area (Å²) >= 11 is 5.87. The molecule has 8 nitrogen and oxygen atoms in total. The number of esters is 1. The van der Waals surface area contributed by atoms with Gasteiger partial charge in [-0.05, 0) is 38.5 Å². The first kappa shape index (κ1) is 22.2. The lowest BCUT2D eigenvalue weighted by Crippen LogP contribution is -2.44. The molecule has 10 heteroatoms. The molecule has 0 aliphatic heterocycles. The minimum absolute atomic E-state index is 0.0289. The quantitative estimate of drug-likeness (QED) is 0.526. The van der Waals surface area contributed by atoms with Crippen LogP contribution in [-0.2, 0) is 9.47 Å². The molecule has 1 aliphatic rings. The van der Waals surface area contributed by atoms with E-state index in [9.17, 15) is 19.5 Å². The normalized spacial score (nSPS) is 24.0. The average molecular weight is 441 g/mol. The highest BCUT2D eigenvalue weighted by molar-refractivity contribution is 6.30. The molecular formula is C20H22ClFN2O6. The molecule has 2 aromatic rings. The fourth-order valence-corrected chi connectivity index (χ4v) is 3.72. The van der Waals surface area contributed by atoms with Crippen LogP contribution in [0, 0.1) is 0 Å². The molecule has 3 rings (SSSR count). The van der Waals surface area contributed by atoms with Gasteiger partial charge in [0, 0.05) is 29.7 Å². The molecular weight excluding hydrogens is 419 g/mol. The van der Waals surface area contributed by atoms with Gasteiger partial charge in [-0.25, -0.2) is 14.0 Å². The maximum atomic E-state index is 15.9. The van der Waals surface area contributed by atoms with Crippen molar-refractivity contribution in [1.82, 2.24) is 9.55 Å². The van der Waals surface area contributed by atoms with Gasteiger partial charge in [0.15, 0.2) is 11.5 Å². The first-order valence-electron chi connectivity index (χ1n) is 9.30. The van der Waals surface area contributed by atoms with Gasteiger partial charge in [0.25, 0.3) is 5.56 Å². The first-order chi connectivity index (χ1) is 14.0. The zero-order valence-electron chi connectivity index (χ0n) is 16.4. The van der Waals surface area contributed by atoms with Crippen LogP contribution >= 0.6 is 11.6 Å². The molecule has 1 heterocycles. The first-order valence-corrected chi connectivity index (χ1v) is 9.68. The SMILES string of the molecule is CC(C)(O)O[C@H]1C[C@H](n2ccc(=O)[nH]c2=O)C[C@]1(F)COC(=O)c1cccc(Cl)c1. The van der Waals surface area contributed by atoms with Gasteiger partial charge in [0.05, 0.1) is 5.56 Å². The van der Waals surface area contributed by atoms with E-state index in [1.54, 1.807) is 12.1 Å². The summed E-state index contributed by atoms with van der Waals surface area (Å²) in [6.07, 6.45) is -0.0751. The second-order valence-corrected chi connectivity index (χ2v) is 8.22. The van der Waals surface area contributed by atoms with Crippen LogP contribution in [0.3, 0.4) is 0 Å². The van der Waals surface area contributed by atoms with Crippen LogP contribution in [0.5, 0.6) is 0 Å². The molecule has 162 valence electrons. The Morgan fingerprint density at radius 1 is 1.40 bits per heavy atom. The van der Waals surface area contributed by atoms with E-state index in [0.29, 0.717) is 5.02 Å². The van der Waals surface area contributed by atoms with Crippen LogP contribution in [0.15, 0.2) is 46.1 Å². The highest BCUT2D eigenvalue weighted by Crippen LogP contribution is 2.43. The Morgan fingerprint density at radius 2 is 2.13 bits per heavy atom. The zero-order chi connectivity index (χ0) is 22.1. The van der Waals surface area contributed by atoms with Crippen molar-refractivity contribution in [2.75, 3.05) is 6.61 Å². The van der Waals surface area contributed by atoms with Crippen molar-refractivity contribution in [2.24, 2.45) is 0 Å². The number of carbonyl (C=O) groups is 1. The number of halogens is 2. The van der Waals surface area contributed by atoms with Gasteiger partial charge < -0.3 is 14.6 Å². The maximum absolute atomic E-state index is 15.9. The number of aromatic nitrogens is 2. The van der Waals surface area contributed by atoms with Crippen molar-refractivity contribution in [1.29, 1.82) is 0 Å². The standard InChI is InChI=1S/C20H22ClFN2O6/c1-19(2,28)30-15-9-14(24-7-6-16(25)23-18(24)27)10-20(15,22)11-29-17(26)12-4-3-5-13(21)8-12/h3-8,14-15,28H,9-11H2,1-2H3,(H,23,25,27)/t14-,15-,20-/m0/s1. The van der Waals surface area contributed by atoms with E-state index in [4.69, 9.17) is 21.1 Å². The molecule has 0 radical (unpaired) electrons. The number of nitrogens with zero attached hydrogens (tertiary/aromatic N) is 1. The van der Waals surface area contributed by atoms with Crippen molar-refractivity contribution in [2.45, 2.75) is 50.3 Å². The van der Waals surface area contributed by atoms with Crippen LogP contribution in [0.1, 0.15) is 43.1 Å².